The average Bonchev–Trinajstić information content (AvgIpc) is 3.22. The van der Waals surface area contributed by atoms with Crippen molar-refractivity contribution in [1.82, 2.24) is 0 Å². The van der Waals surface area contributed by atoms with Crippen LogP contribution in [0.5, 0.6) is 0 Å². The molecular weight excluding hydrogens is 762 g/mol. The normalized spacial score (nSPS) is 13.5. The molecule has 10 heteroatoms. The molecule has 0 bridgehead atoms. The highest BCUT2D eigenvalue weighted by atomic mass is 31.2. The molecule has 346 valence electrons. The van der Waals surface area contributed by atoms with E-state index < -0.39 is 26.5 Å². The summed E-state index contributed by atoms with van der Waals surface area (Å²) in [5.74, 6) is -0.825. The first-order valence-electron chi connectivity index (χ1n) is 24.5. The van der Waals surface area contributed by atoms with Crippen molar-refractivity contribution in [2.45, 2.75) is 238 Å². The molecule has 0 fully saturated rings. The van der Waals surface area contributed by atoms with Gasteiger partial charge in [0.2, 0.25) is 0 Å². The average molecular weight is 854 g/mol. The molecule has 0 radical (unpaired) electrons. The number of carbonyl (C=O) groups is 2. The number of hydrogen-bond donors (Lipinski definition) is 2. The Bertz CT molecular complexity index is 1060. The van der Waals surface area contributed by atoms with E-state index in [4.69, 9.17) is 24.3 Å². The molecule has 0 aliphatic carbocycles. The fraction of sp³-hybridized carbons (Fsp3) is 0.837. The molecule has 0 aliphatic heterocycles. The lowest BCUT2D eigenvalue weighted by atomic mass is 10.0. The van der Waals surface area contributed by atoms with Gasteiger partial charge in [0.25, 0.3) is 0 Å². The molecule has 0 amide bonds. The van der Waals surface area contributed by atoms with Gasteiger partial charge in [-0.3, -0.25) is 18.6 Å². The zero-order valence-corrected chi connectivity index (χ0v) is 39.1. The topological polar surface area (TPSA) is 134 Å². The van der Waals surface area contributed by atoms with Gasteiger partial charge >= 0.3 is 19.8 Å². The minimum Gasteiger partial charge on any atom is -0.462 e. The molecule has 0 aliphatic rings. The first kappa shape index (κ1) is 57.2. The van der Waals surface area contributed by atoms with Crippen LogP contribution in [0.2, 0.25) is 0 Å². The van der Waals surface area contributed by atoms with Crippen molar-refractivity contribution in [3.63, 3.8) is 0 Å². The fourth-order valence-corrected chi connectivity index (χ4v) is 7.64. The Morgan fingerprint density at radius 1 is 0.508 bits per heavy atom. The van der Waals surface area contributed by atoms with Crippen molar-refractivity contribution in [3.05, 3.63) is 36.5 Å². The Morgan fingerprint density at radius 3 is 1.31 bits per heavy atom. The summed E-state index contributed by atoms with van der Waals surface area (Å²) in [6, 6.07) is 0. The zero-order chi connectivity index (χ0) is 43.2. The number of esters is 2. The van der Waals surface area contributed by atoms with Crippen LogP contribution in [0.15, 0.2) is 36.5 Å². The molecule has 0 heterocycles. The summed E-state index contributed by atoms with van der Waals surface area (Å²) in [7, 11) is -4.38. The van der Waals surface area contributed by atoms with Gasteiger partial charge < -0.3 is 20.1 Å². The molecule has 2 unspecified atom stereocenters. The maximum Gasteiger partial charge on any atom is 0.472 e. The first-order chi connectivity index (χ1) is 28.8. The largest absolute Gasteiger partial charge is 0.472 e. The predicted octanol–water partition coefficient (Wildman–Crippen LogP) is 14.5. The van der Waals surface area contributed by atoms with Gasteiger partial charge in [-0.15, -0.1) is 0 Å². The van der Waals surface area contributed by atoms with E-state index in [0.29, 0.717) is 6.42 Å². The fourth-order valence-electron chi connectivity index (χ4n) is 6.88. The lowest BCUT2D eigenvalue weighted by Gasteiger charge is -2.19. The quantitative estimate of drug-likeness (QED) is 0.0265. The monoisotopic (exact) mass is 854 g/mol. The number of nitrogens with two attached hydrogens (primary N) is 1. The summed E-state index contributed by atoms with van der Waals surface area (Å²) < 4.78 is 32.9. The van der Waals surface area contributed by atoms with Crippen molar-refractivity contribution in [2.24, 2.45) is 5.73 Å². The van der Waals surface area contributed by atoms with Crippen LogP contribution in [0.3, 0.4) is 0 Å². The lowest BCUT2D eigenvalue weighted by molar-refractivity contribution is -0.161. The Balaban J connectivity index is 4.03. The van der Waals surface area contributed by atoms with Crippen LogP contribution in [-0.2, 0) is 32.7 Å². The third-order valence-corrected chi connectivity index (χ3v) is 11.5. The van der Waals surface area contributed by atoms with Gasteiger partial charge in [-0.05, 0) is 51.4 Å². The molecule has 0 aromatic heterocycles. The molecule has 0 rings (SSSR count). The van der Waals surface area contributed by atoms with Crippen molar-refractivity contribution >= 4 is 19.8 Å². The lowest BCUT2D eigenvalue weighted by Crippen LogP contribution is -2.29. The summed E-state index contributed by atoms with van der Waals surface area (Å²) in [6.45, 7) is 3.74. The minimum atomic E-state index is -4.38. The number of unbranched alkanes of at least 4 members (excludes halogenated alkanes) is 27. The zero-order valence-electron chi connectivity index (χ0n) is 38.2. The molecule has 59 heavy (non-hydrogen) atoms. The van der Waals surface area contributed by atoms with Gasteiger partial charge in [0.05, 0.1) is 13.2 Å². The molecule has 9 nitrogen and oxygen atoms in total. The SMILES string of the molecule is CCCCCCC/C=C\C/C=C\C/C=C\CCCCCCCCCCCCC(=O)OC(COC(=O)CCCCCCCCCCCCCCC)COP(=O)(O)OCCN. The van der Waals surface area contributed by atoms with E-state index in [-0.39, 0.29) is 38.6 Å². The summed E-state index contributed by atoms with van der Waals surface area (Å²) >= 11 is 0. The molecule has 0 spiro atoms. The van der Waals surface area contributed by atoms with Gasteiger partial charge in [-0.25, -0.2) is 4.57 Å². The van der Waals surface area contributed by atoms with E-state index in [2.05, 4.69) is 50.3 Å². The standard InChI is InChI=1S/C49H92NO8P/c1-3-5-7-9-11-13-15-17-18-19-20-21-22-23-24-25-26-27-28-30-32-34-36-38-40-42-49(52)58-47(46-57-59(53,54)56-44-43-50)45-55-48(51)41-39-37-35-33-31-29-16-14-12-10-8-6-4-2/h15,17,19-20,22-23,47H,3-14,16,18,21,24-46,50H2,1-2H3,(H,53,54)/b17-15-,20-19-,23-22-. The van der Waals surface area contributed by atoms with Crippen molar-refractivity contribution in [1.29, 1.82) is 0 Å². The molecule has 0 saturated heterocycles. The smallest absolute Gasteiger partial charge is 0.462 e. The van der Waals surface area contributed by atoms with Crippen LogP contribution >= 0.6 is 7.82 Å². The van der Waals surface area contributed by atoms with E-state index >= 15 is 0 Å². The second kappa shape index (κ2) is 45.7. The number of carbonyl (C=O) groups excluding carboxylic acids is 2. The molecule has 2 atom stereocenters. The van der Waals surface area contributed by atoms with E-state index in [0.717, 1.165) is 57.8 Å². The van der Waals surface area contributed by atoms with Crippen LogP contribution in [0.25, 0.3) is 0 Å². The molecule has 3 N–H and O–H groups in total. The van der Waals surface area contributed by atoms with E-state index in [1.807, 2.05) is 0 Å². The van der Waals surface area contributed by atoms with Gasteiger partial charge in [-0.1, -0.05) is 204 Å². The van der Waals surface area contributed by atoms with E-state index in [1.54, 1.807) is 0 Å². The van der Waals surface area contributed by atoms with Gasteiger partial charge in [0.1, 0.15) is 6.61 Å². The summed E-state index contributed by atoms with van der Waals surface area (Å²) in [5.41, 5.74) is 5.36. The van der Waals surface area contributed by atoms with Gasteiger partial charge in [-0.2, -0.15) is 0 Å². The van der Waals surface area contributed by atoms with Crippen LogP contribution in [0, 0.1) is 0 Å². The number of rotatable bonds is 46. The maximum atomic E-state index is 12.6. The molecular formula is C49H92NO8P. The number of allylic oxidation sites excluding steroid dienone is 6. The maximum absolute atomic E-state index is 12.6. The van der Waals surface area contributed by atoms with Crippen LogP contribution in [-0.4, -0.2) is 49.3 Å². The van der Waals surface area contributed by atoms with E-state index in [1.165, 1.54) is 141 Å². The highest BCUT2D eigenvalue weighted by Gasteiger charge is 2.26. The van der Waals surface area contributed by atoms with Crippen LogP contribution < -0.4 is 5.73 Å². The van der Waals surface area contributed by atoms with Gasteiger partial charge in [0, 0.05) is 19.4 Å². The van der Waals surface area contributed by atoms with Crippen LogP contribution in [0.1, 0.15) is 232 Å². The second-order valence-corrected chi connectivity index (χ2v) is 17.8. The summed E-state index contributed by atoms with van der Waals surface area (Å²) in [5, 5.41) is 0. The highest BCUT2D eigenvalue weighted by molar-refractivity contribution is 7.47. The Morgan fingerprint density at radius 2 is 0.881 bits per heavy atom. The van der Waals surface area contributed by atoms with Crippen LogP contribution in [0.4, 0.5) is 0 Å². The van der Waals surface area contributed by atoms with Gasteiger partial charge in [0.15, 0.2) is 6.10 Å². The minimum absolute atomic E-state index is 0.0535. The number of phosphoric acid groups is 1. The van der Waals surface area contributed by atoms with E-state index in [9.17, 15) is 19.0 Å². The number of ether oxygens (including phenoxy) is 2. The Hall–Kier alpha value is -1.77. The first-order valence-corrected chi connectivity index (χ1v) is 26.0. The predicted molar refractivity (Wildman–Crippen MR) is 247 cm³/mol. The highest BCUT2D eigenvalue weighted by Crippen LogP contribution is 2.43. The third kappa shape index (κ3) is 45.6. The molecule has 0 aromatic rings. The second-order valence-electron chi connectivity index (χ2n) is 16.3. The van der Waals surface area contributed by atoms with Crippen molar-refractivity contribution < 1.29 is 37.6 Å². The molecule has 0 aromatic carbocycles. The number of hydrogen-bond acceptors (Lipinski definition) is 8. The van der Waals surface area contributed by atoms with Crippen molar-refractivity contribution in [2.75, 3.05) is 26.4 Å². The Labute approximate surface area is 363 Å². The molecule has 0 saturated carbocycles. The van der Waals surface area contributed by atoms with Crippen molar-refractivity contribution in [3.8, 4) is 0 Å². The third-order valence-electron chi connectivity index (χ3n) is 10.5. The summed E-state index contributed by atoms with van der Waals surface area (Å²) in [6.07, 6.45) is 51.8. The Kier molecular flexibility index (Phi) is 44.4. The number of phosphoric ester groups is 1. The summed E-state index contributed by atoms with van der Waals surface area (Å²) in [4.78, 5) is 34.9.